The zero-order valence-corrected chi connectivity index (χ0v) is 52.6. The average molecular weight is 1300 g/mol. The Labute approximate surface area is 530 Å². The molecule has 0 radical (unpaired) electrons. The van der Waals surface area contributed by atoms with Crippen molar-refractivity contribution in [3.63, 3.8) is 0 Å². The highest BCUT2D eigenvalue weighted by Gasteiger charge is 2.39. The minimum Gasteiger partial charge on any atom is -0.343 e. The van der Waals surface area contributed by atoms with Crippen molar-refractivity contribution in [3.05, 3.63) is 137 Å². The topological polar surface area (TPSA) is 272 Å². The predicted octanol–water partition coefficient (Wildman–Crippen LogP) is 9.93. The van der Waals surface area contributed by atoms with Crippen molar-refractivity contribution in [2.24, 2.45) is 21.7 Å². The largest absolute Gasteiger partial charge is 0.343 e. The summed E-state index contributed by atoms with van der Waals surface area (Å²) in [5.74, 6) is -5.32. The molecule has 6 N–H and O–H groups in total. The van der Waals surface area contributed by atoms with Gasteiger partial charge >= 0.3 is 0 Å². The molecule has 26 heteroatoms. The predicted molar refractivity (Wildman–Crippen MR) is 333 cm³/mol. The summed E-state index contributed by atoms with van der Waals surface area (Å²) in [5.41, 5.74) is 18.0. The maximum atomic E-state index is 14.7. The van der Waals surface area contributed by atoms with Crippen LogP contribution in [0.2, 0.25) is 20.1 Å². The molecule has 0 aliphatic carbocycles. The molecule has 4 heterocycles. The fourth-order valence-electron chi connectivity index (χ4n) is 10.9. The smallest absolute Gasteiger partial charge is 0.247 e. The third-order valence-electron chi connectivity index (χ3n) is 16.7. The molecule has 8 rings (SSSR count). The SMILES string of the molecule is CC1(C)CCN(C(=O)CCC(=O)N2Cc3ccccc3C[C@H]2C(=O)N[C@@H](CCN)C(=O)Nc2ccc(Cl)c(Cl)c2F)CC1.CC1(C)CCN(C(=O)CCC(=O)N2Cc3ccccc3C[C@H]2C(=O)N[C@@H](CCN=[N+]=[N-])C(=O)Nc2ccc(Cl)c(Cl)c2F)CC1. The van der Waals surface area contributed by atoms with E-state index in [1.807, 2.05) is 48.5 Å². The minimum absolute atomic E-state index is 0.00658. The van der Waals surface area contributed by atoms with Gasteiger partial charge in [0.05, 0.1) is 31.5 Å². The molecule has 20 nitrogen and oxygen atoms in total. The fraction of sp³-hybridized carbons (Fsp3) is 0.484. The second-order valence-corrected chi connectivity index (χ2v) is 25.5. The van der Waals surface area contributed by atoms with Crippen molar-refractivity contribution in [3.8, 4) is 0 Å². The maximum Gasteiger partial charge on any atom is 0.247 e. The zero-order valence-electron chi connectivity index (χ0n) is 49.6. The van der Waals surface area contributed by atoms with E-state index < -0.39 is 59.4 Å². The normalized spacial score (nSPS) is 18.1. The molecular formula is C62H74Cl4F2N12O8. The highest BCUT2D eigenvalue weighted by atomic mass is 35.5. The number of azide groups is 1. The number of fused-ring (bicyclic) bond motifs is 2. The number of nitrogens with two attached hydrogens (primary N) is 1. The standard InChI is InChI=1S/C31H36Cl2FN7O4.C31H38Cl2FN5O4/c1-31(2)12-15-40(16-13-31)25(42)9-10-26(43)41-18-20-6-4-3-5-19(20)17-24(41)30(45)38-23(11-14-36-39-35)29(44)37-22-8-7-21(32)27(33)28(22)34;1-31(2)12-15-38(16-13-31)25(40)9-10-26(41)39-18-20-6-4-3-5-19(20)17-24(39)30(43)37-23(11-14-35)29(42)36-22-8-7-21(32)27(33)28(22)34/h3-8,23-24H,9-18H2,1-2H3,(H,37,44)(H,38,45);3-8,23-24H,9-18,35H2,1-2H3,(H,36,42)(H,37,43)/t2*23-,24-/m00/s1. The Bertz CT molecular complexity index is 3310. The Morgan fingerprint density at radius 1 is 0.580 bits per heavy atom. The lowest BCUT2D eigenvalue weighted by molar-refractivity contribution is -0.144. The van der Waals surface area contributed by atoms with Gasteiger partial charge in [-0.15, -0.1) is 0 Å². The van der Waals surface area contributed by atoms with E-state index in [-0.39, 0.29) is 143 Å². The third kappa shape index (κ3) is 18.1. The lowest BCUT2D eigenvalue weighted by Gasteiger charge is -2.38. The van der Waals surface area contributed by atoms with Gasteiger partial charge < -0.3 is 46.6 Å². The van der Waals surface area contributed by atoms with E-state index in [1.165, 1.54) is 34.1 Å². The highest BCUT2D eigenvalue weighted by Crippen LogP contribution is 2.35. The molecule has 4 atom stereocenters. The van der Waals surface area contributed by atoms with Crippen LogP contribution in [0.4, 0.5) is 20.2 Å². The van der Waals surface area contributed by atoms with Crippen molar-refractivity contribution in [2.45, 2.75) is 142 Å². The van der Waals surface area contributed by atoms with Gasteiger partial charge in [-0.25, -0.2) is 8.78 Å². The van der Waals surface area contributed by atoms with Gasteiger partial charge in [0.1, 0.15) is 24.2 Å². The van der Waals surface area contributed by atoms with Crippen LogP contribution in [0.1, 0.15) is 114 Å². The first-order valence-corrected chi connectivity index (χ1v) is 30.8. The van der Waals surface area contributed by atoms with E-state index in [4.69, 9.17) is 57.7 Å². The Morgan fingerprint density at radius 2 is 0.943 bits per heavy atom. The number of benzene rings is 4. The van der Waals surface area contributed by atoms with Gasteiger partial charge in [0.2, 0.25) is 47.3 Å². The van der Waals surface area contributed by atoms with Crippen molar-refractivity contribution >= 4 is 105 Å². The zero-order chi connectivity index (χ0) is 64.0. The Kier molecular flexibility index (Phi) is 24.0. The molecule has 4 aliphatic heterocycles. The first-order chi connectivity index (χ1) is 41.8. The van der Waals surface area contributed by atoms with E-state index >= 15 is 0 Å². The third-order valence-corrected chi connectivity index (χ3v) is 18.2. The molecular weight excluding hydrogens is 1220 g/mol. The van der Waals surface area contributed by atoms with E-state index in [0.717, 1.165) is 47.9 Å². The van der Waals surface area contributed by atoms with Gasteiger partial charge in [-0.05, 0) is 108 Å². The number of likely N-dealkylation sites (tertiary alicyclic amines) is 2. The monoisotopic (exact) mass is 1290 g/mol. The molecule has 4 aliphatic rings. The number of carbonyl (C=O) groups is 8. The summed E-state index contributed by atoms with van der Waals surface area (Å²) in [7, 11) is 0. The first kappa shape index (κ1) is 68.4. The van der Waals surface area contributed by atoms with Gasteiger partial charge in [-0.3, -0.25) is 38.4 Å². The van der Waals surface area contributed by atoms with Crippen molar-refractivity contribution in [2.75, 3.05) is 49.9 Å². The number of hydrogen-bond acceptors (Lipinski definition) is 10. The average Bonchev–Trinajstić information content (AvgIpc) is 3.17. The van der Waals surface area contributed by atoms with Crippen molar-refractivity contribution in [1.82, 2.24) is 30.2 Å². The molecule has 472 valence electrons. The summed E-state index contributed by atoms with van der Waals surface area (Å²) in [5, 5.41) is 12.9. The van der Waals surface area contributed by atoms with Crippen LogP contribution in [-0.2, 0) is 64.3 Å². The van der Waals surface area contributed by atoms with E-state index in [0.29, 0.717) is 26.2 Å². The molecule has 0 saturated carbocycles. The van der Waals surface area contributed by atoms with Crippen LogP contribution in [0.25, 0.3) is 10.4 Å². The van der Waals surface area contributed by atoms with Gasteiger partial charge in [0, 0.05) is 89.2 Å². The van der Waals surface area contributed by atoms with Crippen LogP contribution in [-0.4, -0.2) is 130 Å². The lowest BCUT2D eigenvalue weighted by atomic mass is 9.82. The van der Waals surface area contributed by atoms with E-state index in [2.05, 4.69) is 59.0 Å². The Hall–Kier alpha value is -7.07. The van der Waals surface area contributed by atoms with Crippen LogP contribution in [0, 0.1) is 22.5 Å². The summed E-state index contributed by atoms with van der Waals surface area (Å²) in [6, 6.07) is 15.9. The van der Waals surface area contributed by atoms with E-state index in [1.54, 1.807) is 9.80 Å². The Balaban J connectivity index is 0.000000251. The number of anilines is 2. The Morgan fingerprint density at radius 3 is 1.32 bits per heavy atom. The second-order valence-electron chi connectivity index (χ2n) is 24.0. The summed E-state index contributed by atoms with van der Waals surface area (Å²) < 4.78 is 29.2. The number of nitrogens with one attached hydrogen (secondary N) is 4. The van der Waals surface area contributed by atoms with E-state index in [9.17, 15) is 47.1 Å². The van der Waals surface area contributed by atoms with Crippen molar-refractivity contribution in [1.29, 1.82) is 0 Å². The van der Waals surface area contributed by atoms with Gasteiger partial charge in [-0.2, -0.15) is 0 Å². The summed E-state index contributed by atoms with van der Waals surface area (Å²) >= 11 is 23.4. The fourth-order valence-corrected chi connectivity index (χ4v) is 11.6. The summed E-state index contributed by atoms with van der Waals surface area (Å²) in [6.45, 7) is 11.6. The lowest BCUT2D eigenvalue weighted by Crippen LogP contribution is -2.56. The number of piperidine rings is 2. The molecule has 0 spiro atoms. The van der Waals surface area contributed by atoms with Crippen molar-refractivity contribution < 1.29 is 47.1 Å². The molecule has 4 aromatic carbocycles. The number of amides is 8. The van der Waals surface area contributed by atoms with Crippen LogP contribution >= 0.6 is 46.4 Å². The van der Waals surface area contributed by atoms with Gasteiger partial charge in [0.15, 0.2) is 11.6 Å². The minimum atomic E-state index is -1.24. The summed E-state index contributed by atoms with van der Waals surface area (Å²) in [4.78, 5) is 116. The number of carbonyl (C=O) groups excluding carboxylic acids is 8. The molecule has 0 aromatic heterocycles. The molecule has 4 aromatic rings. The number of rotatable bonds is 19. The van der Waals surface area contributed by atoms with Crippen LogP contribution in [0.5, 0.6) is 0 Å². The van der Waals surface area contributed by atoms with Gasteiger partial charge in [0.25, 0.3) is 0 Å². The van der Waals surface area contributed by atoms with Gasteiger partial charge in [-0.1, -0.05) is 128 Å². The highest BCUT2D eigenvalue weighted by molar-refractivity contribution is 6.43. The van der Waals surface area contributed by atoms with Crippen LogP contribution < -0.4 is 27.0 Å². The quantitative estimate of drug-likeness (QED) is 0.0258. The number of nitrogens with zero attached hydrogens (tertiary/aromatic N) is 7. The number of halogens is 6. The molecule has 2 saturated heterocycles. The first-order valence-electron chi connectivity index (χ1n) is 29.3. The molecule has 0 unspecified atom stereocenters. The molecule has 88 heavy (non-hydrogen) atoms. The number of hydrogen-bond donors (Lipinski definition) is 5. The molecule has 0 bridgehead atoms. The van der Waals surface area contributed by atoms with Crippen LogP contribution in [0.15, 0.2) is 77.9 Å². The maximum absolute atomic E-state index is 14.7. The van der Waals surface area contributed by atoms with Crippen LogP contribution in [0.3, 0.4) is 0 Å². The molecule has 2 fully saturated rings. The molecule has 8 amide bonds. The second kappa shape index (κ2) is 30.9. The summed E-state index contributed by atoms with van der Waals surface area (Å²) in [6.07, 6.45) is 3.99.